The third-order valence-electron chi connectivity index (χ3n) is 2.69. The van der Waals surface area contributed by atoms with Crippen LogP contribution in [-0.4, -0.2) is 23.7 Å². The van der Waals surface area contributed by atoms with Crippen molar-refractivity contribution in [2.75, 3.05) is 11.4 Å². The molecule has 0 aliphatic carbocycles. The fraction of sp³-hybridized carbons (Fsp3) is 0.385. The number of benzene rings is 1. The zero-order valence-corrected chi connectivity index (χ0v) is 10.9. The minimum atomic E-state index is -4.61. The van der Waals surface area contributed by atoms with Crippen LogP contribution in [0.15, 0.2) is 18.2 Å². The lowest BCUT2D eigenvalue weighted by atomic mass is 10.1. The lowest BCUT2D eigenvalue weighted by molar-refractivity contribution is -0.138. The molecular formula is C13H13F3N2O2. The number of carboxylic acid groups (broad SMARTS) is 1. The average Bonchev–Trinajstić information content (AvgIpc) is 2.33. The first-order chi connectivity index (χ1) is 9.16. The Morgan fingerprint density at radius 1 is 1.45 bits per heavy atom. The van der Waals surface area contributed by atoms with E-state index in [1.54, 1.807) is 13.8 Å². The molecule has 0 spiro atoms. The second-order valence-electron chi connectivity index (χ2n) is 4.45. The van der Waals surface area contributed by atoms with Crippen molar-refractivity contribution in [1.82, 2.24) is 0 Å². The van der Waals surface area contributed by atoms with Gasteiger partial charge >= 0.3 is 12.1 Å². The van der Waals surface area contributed by atoms with Gasteiger partial charge in [-0.1, -0.05) is 0 Å². The fourth-order valence-electron chi connectivity index (χ4n) is 1.77. The van der Waals surface area contributed by atoms with Gasteiger partial charge in [0.05, 0.1) is 17.2 Å². The summed E-state index contributed by atoms with van der Waals surface area (Å²) >= 11 is 0. The summed E-state index contributed by atoms with van der Waals surface area (Å²) in [7, 11) is 0. The summed E-state index contributed by atoms with van der Waals surface area (Å²) in [5, 5.41) is 17.6. The van der Waals surface area contributed by atoms with Crippen molar-refractivity contribution in [3.05, 3.63) is 29.3 Å². The van der Waals surface area contributed by atoms with Crippen LogP contribution < -0.4 is 4.90 Å². The van der Waals surface area contributed by atoms with Crippen molar-refractivity contribution in [2.45, 2.75) is 26.1 Å². The first kappa shape index (κ1) is 15.8. The summed E-state index contributed by atoms with van der Waals surface area (Å²) < 4.78 is 38.0. The molecule has 0 fully saturated rings. The lowest BCUT2D eigenvalue weighted by Crippen LogP contribution is -2.35. The van der Waals surface area contributed by atoms with E-state index in [-0.39, 0.29) is 18.3 Å². The molecule has 0 bridgehead atoms. The number of aliphatic carboxylic acids is 1. The molecular weight excluding hydrogens is 273 g/mol. The number of nitriles is 1. The van der Waals surface area contributed by atoms with E-state index >= 15 is 0 Å². The molecule has 0 heterocycles. The van der Waals surface area contributed by atoms with Crippen LogP contribution in [0.3, 0.4) is 0 Å². The van der Waals surface area contributed by atoms with Gasteiger partial charge in [-0.15, -0.1) is 0 Å². The second-order valence-corrected chi connectivity index (χ2v) is 4.45. The molecule has 7 heteroatoms. The highest BCUT2D eigenvalue weighted by Gasteiger charge is 2.34. The Labute approximate surface area is 114 Å². The molecule has 0 aromatic heterocycles. The Morgan fingerprint density at radius 3 is 2.45 bits per heavy atom. The Hall–Kier alpha value is -2.23. The molecule has 1 aromatic carbocycles. The van der Waals surface area contributed by atoms with Crippen molar-refractivity contribution < 1.29 is 23.1 Å². The van der Waals surface area contributed by atoms with Crippen molar-refractivity contribution in [2.24, 2.45) is 0 Å². The molecule has 108 valence electrons. The SMILES string of the molecule is CC(C)N(CC(=O)O)c1ccc(C(F)(F)F)c(C#N)c1. The Bertz CT molecular complexity index is 548. The van der Waals surface area contributed by atoms with E-state index in [9.17, 15) is 18.0 Å². The molecule has 0 saturated carbocycles. The van der Waals surface area contributed by atoms with E-state index in [0.29, 0.717) is 0 Å². The Balaban J connectivity index is 3.27. The maximum Gasteiger partial charge on any atom is 0.417 e. The molecule has 1 rings (SSSR count). The maximum absolute atomic E-state index is 12.7. The van der Waals surface area contributed by atoms with Gasteiger partial charge in [-0.3, -0.25) is 4.79 Å². The van der Waals surface area contributed by atoms with Crippen molar-refractivity contribution in [3.8, 4) is 6.07 Å². The summed E-state index contributed by atoms with van der Waals surface area (Å²) in [4.78, 5) is 12.2. The van der Waals surface area contributed by atoms with Crippen molar-refractivity contribution in [1.29, 1.82) is 5.26 Å². The summed E-state index contributed by atoms with van der Waals surface area (Å²) in [6, 6.07) is 4.30. The van der Waals surface area contributed by atoms with Gasteiger partial charge in [0.15, 0.2) is 0 Å². The van der Waals surface area contributed by atoms with Crippen LogP contribution in [-0.2, 0) is 11.0 Å². The van der Waals surface area contributed by atoms with E-state index in [1.165, 1.54) is 17.0 Å². The molecule has 0 amide bonds. The number of anilines is 1. The fourth-order valence-corrected chi connectivity index (χ4v) is 1.77. The summed E-state index contributed by atoms with van der Waals surface area (Å²) in [5.41, 5.74) is -1.28. The van der Waals surface area contributed by atoms with E-state index in [0.717, 1.165) is 12.1 Å². The van der Waals surface area contributed by atoms with Gasteiger partial charge in [-0.2, -0.15) is 18.4 Å². The molecule has 1 aromatic rings. The molecule has 0 saturated heterocycles. The van der Waals surface area contributed by atoms with Gasteiger partial charge in [0.2, 0.25) is 0 Å². The maximum atomic E-state index is 12.7. The van der Waals surface area contributed by atoms with Gasteiger partial charge in [-0.05, 0) is 32.0 Å². The van der Waals surface area contributed by atoms with E-state index in [2.05, 4.69) is 0 Å². The van der Waals surface area contributed by atoms with Crippen LogP contribution in [0.4, 0.5) is 18.9 Å². The van der Waals surface area contributed by atoms with E-state index < -0.39 is 23.3 Å². The van der Waals surface area contributed by atoms with Gasteiger partial charge in [0.25, 0.3) is 0 Å². The predicted octanol–water partition coefficient (Wildman–Crippen LogP) is 2.88. The van der Waals surface area contributed by atoms with E-state index in [4.69, 9.17) is 10.4 Å². The van der Waals surface area contributed by atoms with Gasteiger partial charge in [-0.25, -0.2) is 0 Å². The number of alkyl halides is 3. The molecule has 20 heavy (non-hydrogen) atoms. The van der Waals surface area contributed by atoms with Crippen LogP contribution in [0, 0.1) is 11.3 Å². The van der Waals surface area contributed by atoms with Gasteiger partial charge in [0, 0.05) is 11.7 Å². The zero-order chi connectivity index (χ0) is 15.5. The highest BCUT2D eigenvalue weighted by Crippen LogP contribution is 2.34. The zero-order valence-electron chi connectivity index (χ0n) is 10.9. The Morgan fingerprint density at radius 2 is 2.05 bits per heavy atom. The van der Waals surface area contributed by atoms with Crippen molar-refractivity contribution in [3.63, 3.8) is 0 Å². The molecule has 4 nitrogen and oxygen atoms in total. The van der Waals surface area contributed by atoms with Gasteiger partial charge in [0.1, 0.15) is 6.54 Å². The van der Waals surface area contributed by atoms with Crippen LogP contribution in [0.5, 0.6) is 0 Å². The number of nitrogens with zero attached hydrogens (tertiary/aromatic N) is 2. The Kier molecular flexibility index (Phi) is 4.61. The quantitative estimate of drug-likeness (QED) is 0.924. The van der Waals surface area contributed by atoms with Crippen molar-refractivity contribution >= 4 is 11.7 Å². The standard InChI is InChI=1S/C13H13F3N2O2/c1-8(2)18(7-12(19)20)10-3-4-11(13(14,15)16)9(5-10)6-17/h3-5,8H,7H2,1-2H3,(H,19,20). The predicted molar refractivity (Wildman–Crippen MR) is 66.3 cm³/mol. The first-order valence-corrected chi connectivity index (χ1v) is 5.76. The number of hydrogen-bond acceptors (Lipinski definition) is 3. The highest BCUT2D eigenvalue weighted by molar-refractivity contribution is 5.74. The lowest BCUT2D eigenvalue weighted by Gasteiger charge is -2.27. The topological polar surface area (TPSA) is 64.3 Å². The van der Waals surface area contributed by atoms with Crippen LogP contribution in [0.25, 0.3) is 0 Å². The summed E-state index contributed by atoms with van der Waals surface area (Å²) in [6.45, 7) is 3.08. The monoisotopic (exact) mass is 286 g/mol. The van der Waals surface area contributed by atoms with E-state index in [1.807, 2.05) is 0 Å². The number of rotatable bonds is 4. The third-order valence-corrected chi connectivity index (χ3v) is 2.69. The average molecular weight is 286 g/mol. The molecule has 0 radical (unpaired) electrons. The summed E-state index contributed by atoms with van der Waals surface area (Å²) in [5.74, 6) is -1.10. The second kappa shape index (κ2) is 5.82. The number of carbonyl (C=O) groups is 1. The van der Waals surface area contributed by atoms with Crippen LogP contribution in [0.1, 0.15) is 25.0 Å². The minimum absolute atomic E-state index is 0.227. The highest BCUT2D eigenvalue weighted by atomic mass is 19.4. The van der Waals surface area contributed by atoms with Gasteiger partial charge < -0.3 is 10.0 Å². The largest absolute Gasteiger partial charge is 0.480 e. The summed E-state index contributed by atoms with van der Waals surface area (Å²) in [6.07, 6.45) is -4.61. The van der Waals surface area contributed by atoms with Crippen LogP contribution in [0.2, 0.25) is 0 Å². The third kappa shape index (κ3) is 3.63. The normalized spacial score (nSPS) is 11.2. The first-order valence-electron chi connectivity index (χ1n) is 5.76. The van der Waals surface area contributed by atoms with Crippen LogP contribution >= 0.6 is 0 Å². The smallest absolute Gasteiger partial charge is 0.417 e. The molecule has 1 N–H and O–H groups in total. The number of halogens is 3. The minimum Gasteiger partial charge on any atom is -0.480 e. The number of carboxylic acids is 1. The molecule has 0 atom stereocenters. The number of hydrogen-bond donors (Lipinski definition) is 1. The molecule has 0 unspecified atom stereocenters. The molecule has 0 aliphatic heterocycles. The molecule has 0 aliphatic rings.